The number of hydrogen-bond acceptors (Lipinski definition) is 3. The summed E-state index contributed by atoms with van der Waals surface area (Å²) >= 11 is 0. The van der Waals surface area contributed by atoms with Crippen LogP contribution in [0.25, 0.3) is 0 Å². The Balaban J connectivity index is 3.78. The van der Waals surface area contributed by atoms with Gasteiger partial charge in [0.05, 0.1) is 5.75 Å². The highest BCUT2D eigenvalue weighted by atomic mass is 32.2. The second-order valence-electron chi connectivity index (χ2n) is 9.49. The molecule has 0 aliphatic carbocycles. The van der Waals surface area contributed by atoms with E-state index in [-0.39, 0.29) is 5.75 Å². The summed E-state index contributed by atoms with van der Waals surface area (Å²) in [6.07, 6.45) is 26.4. The molecule has 0 aromatic heterocycles. The van der Waals surface area contributed by atoms with E-state index >= 15 is 0 Å². The van der Waals surface area contributed by atoms with E-state index in [9.17, 15) is 8.42 Å². The van der Waals surface area contributed by atoms with Crippen molar-refractivity contribution >= 4 is 10.1 Å². The Hall–Kier alpha value is -0.130. The van der Waals surface area contributed by atoms with Crippen molar-refractivity contribution in [2.75, 3.05) is 25.4 Å². The molecule has 0 radical (unpaired) electrons. The molecule has 4 nitrogen and oxygen atoms in total. The van der Waals surface area contributed by atoms with Crippen LogP contribution in [0.3, 0.4) is 0 Å². The van der Waals surface area contributed by atoms with Crippen LogP contribution in [0, 0.1) is 0 Å². The summed E-state index contributed by atoms with van der Waals surface area (Å²) in [5.41, 5.74) is 0. The lowest BCUT2D eigenvalue weighted by atomic mass is 10.1. The van der Waals surface area contributed by atoms with Gasteiger partial charge in [-0.25, -0.2) is 0 Å². The molecule has 0 fully saturated rings. The Kier molecular flexibility index (Phi) is 22.9. The number of unbranched alkanes of at least 4 members (excludes halogenated alkanes) is 18. The van der Waals surface area contributed by atoms with Gasteiger partial charge >= 0.3 is 0 Å². The van der Waals surface area contributed by atoms with E-state index in [1.807, 2.05) is 0 Å². The average molecular weight is 462 g/mol. The largest absolute Gasteiger partial charge is 0.302 e. The van der Waals surface area contributed by atoms with Gasteiger partial charge in [-0.2, -0.15) is 8.42 Å². The fourth-order valence-corrected chi connectivity index (χ4v) is 4.71. The lowest BCUT2D eigenvalue weighted by Crippen LogP contribution is -2.31. The first-order valence-electron chi connectivity index (χ1n) is 13.7. The summed E-state index contributed by atoms with van der Waals surface area (Å²) < 4.78 is 31.4. The van der Waals surface area contributed by atoms with Crippen LogP contribution >= 0.6 is 0 Å². The van der Waals surface area contributed by atoms with Crippen molar-refractivity contribution in [3.63, 3.8) is 0 Å². The molecule has 0 aliphatic rings. The summed E-state index contributed by atoms with van der Waals surface area (Å²) in [5, 5.41) is 0. The Labute approximate surface area is 195 Å². The van der Waals surface area contributed by atoms with Gasteiger partial charge in [-0.05, 0) is 25.9 Å². The first kappa shape index (κ1) is 30.9. The van der Waals surface area contributed by atoms with Crippen LogP contribution in [-0.2, 0) is 10.1 Å². The first-order chi connectivity index (χ1) is 15.0. The maximum Gasteiger partial charge on any atom is 0.266 e. The molecular weight excluding hydrogens is 406 g/mol. The smallest absolute Gasteiger partial charge is 0.266 e. The molecule has 0 unspecified atom stereocenters. The van der Waals surface area contributed by atoms with Crippen molar-refractivity contribution in [3.05, 3.63) is 0 Å². The minimum absolute atomic E-state index is 0.136. The van der Waals surface area contributed by atoms with E-state index in [1.54, 1.807) is 0 Å². The predicted octanol–water partition coefficient (Wildman–Crippen LogP) is 8.02. The zero-order valence-corrected chi connectivity index (χ0v) is 21.9. The molecule has 5 heteroatoms. The molecule has 0 aliphatic heterocycles. The molecule has 0 aromatic rings. The summed E-state index contributed by atoms with van der Waals surface area (Å²) in [5.74, 6) is -0.136. The van der Waals surface area contributed by atoms with Crippen molar-refractivity contribution in [1.29, 1.82) is 0 Å². The van der Waals surface area contributed by atoms with E-state index in [2.05, 4.69) is 18.7 Å². The van der Waals surface area contributed by atoms with E-state index in [1.165, 1.54) is 116 Å². The highest BCUT2D eigenvalue weighted by Gasteiger charge is 2.10. The molecule has 0 spiro atoms. The summed E-state index contributed by atoms with van der Waals surface area (Å²) in [7, 11) is -3.87. The first-order valence-corrected chi connectivity index (χ1v) is 15.3. The van der Waals surface area contributed by atoms with E-state index in [0.29, 0.717) is 6.54 Å². The van der Waals surface area contributed by atoms with Crippen LogP contribution in [0.15, 0.2) is 0 Å². The number of rotatable bonds is 25. The Morgan fingerprint density at radius 1 is 0.484 bits per heavy atom. The van der Waals surface area contributed by atoms with Crippen molar-refractivity contribution in [3.8, 4) is 0 Å². The lowest BCUT2D eigenvalue weighted by Gasteiger charge is -2.21. The average Bonchev–Trinajstić information content (AvgIpc) is 2.73. The Bertz CT molecular complexity index is 430. The van der Waals surface area contributed by atoms with Crippen LogP contribution in [0.5, 0.6) is 0 Å². The zero-order valence-electron chi connectivity index (χ0n) is 21.1. The topological polar surface area (TPSA) is 57.6 Å². The van der Waals surface area contributed by atoms with Crippen LogP contribution in [0.4, 0.5) is 0 Å². The minimum atomic E-state index is -3.87. The molecule has 0 atom stereocenters. The molecule has 0 aromatic carbocycles. The molecule has 0 bridgehead atoms. The molecule has 1 N–H and O–H groups in total. The quantitative estimate of drug-likeness (QED) is 0.110. The number of nitrogens with zero attached hydrogens (tertiary/aromatic N) is 1. The molecule has 0 heterocycles. The third-order valence-corrected chi connectivity index (χ3v) is 7.02. The SMILES string of the molecule is CCCCCCCCCCCCN(CCCCCCCCCCCC)CCS(=O)(=O)O. The van der Waals surface area contributed by atoms with Crippen LogP contribution in [0.2, 0.25) is 0 Å². The van der Waals surface area contributed by atoms with Gasteiger partial charge in [0, 0.05) is 6.54 Å². The van der Waals surface area contributed by atoms with Crippen molar-refractivity contribution in [2.45, 2.75) is 142 Å². The standard InChI is InChI=1S/C26H55NO3S/c1-3-5-7-9-11-13-15-17-19-21-23-27(25-26-31(28,29)30)24-22-20-18-16-14-12-10-8-6-4-2/h3-26H2,1-2H3,(H,28,29,30). The molecule has 0 rings (SSSR count). The second kappa shape index (κ2) is 23.0. The van der Waals surface area contributed by atoms with Gasteiger partial charge < -0.3 is 4.90 Å². The third kappa shape index (κ3) is 26.0. The Morgan fingerprint density at radius 2 is 0.774 bits per heavy atom. The van der Waals surface area contributed by atoms with Gasteiger partial charge in [-0.15, -0.1) is 0 Å². The predicted molar refractivity (Wildman–Crippen MR) is 137 cm³/mol. The maximum absolute atomic E-state index is 11.1. The molecular formula is C26H55NO3S. The molecule has 31 heavy (non-hydrogen) atoms. The lowest BCUT2D eigenvalue weighted by molar-refractivity contribution is 0.272. The maximum atomic E-state index is 11.1. The highest BCUT2D eigenvalue weighted by molar-refractivity contribution is 7.85. The van der Waals surface area contributed by atoms with Crippen LogP contribution in [0.1, 0.15) is 142 Å². The second-order valence-corrected chi connectivity index (χ2v) is 11.1. The van der Waals surface area contributed by atoms with E-state index < -0.39 is 10.1 Å². The summed E-state index contributed by atoms with van der Waals surface area (Å²) in [6, 6.07) is 0. The fraction of sp³-hybridized carbons (Fsp3) is 1.00. The van der Waals surface area contributed by atoms with Crippen molar-refractivity contribution < 1.29 is 13.0 Å². The van der Waals surface area contributed by atoms with Gasteiger partial charge in [-0.3, -0.25) is 4.55 Å². The summed E-state index contributed by atoms with van der Waals surface area (Å²) in [4.78, 5) is 2.25. The van der Waals surface area contributed by atoms with E-state index in [4.69, 9.17) is 4.55 Å². The molecule has 0 saturated carbocycles. The molecule has 188 valence electrons. The minimum Gasteiger partial charge on any atom is -0.302 e. The summed E-state index contributed by atoms with van der Waals surface area (Å²) in [6.45, 7) is 6.91. The van der Waals surface area contributed by atoms with Crippen molar-refractivity contribution in [2.24, 2.45) is 0 Å². The van der Waals surface area contributed by atoms with E-state index in [0.717, 1.165) is 25.9 Å². The molecule has 0 amide bonds. The monoisotopic (exact) mass is 461 g/mol. The van der Waals surface area contributed by atoms with Gasteiger partial charge in [0.15, 0.2) is 0 Å². The Morgan fingerprint density at radius 3 is 1.06 bits per heavy atom. The normalized spacial score (nSPS) is 12.1. The van der Waals surface area contributed by atoms with Gasteiger partial charge in [0.1, 0.15) is 0 Å². The zero-order chi connectivity index (χ0) is 23.0. The fourth-order valence-electron chi connectivity index (χ4n) is 4.23. The van der Waals surface area contributed by atoms with Gasteiger partial charge in [0.25, 0.3) is 10.1 Å². The van der Waals surface area contributed by atoms with Crippen LogP contribution < -0.4 is 0 Å². The van der Waals surface area contributed by atoms with Crippen LogP contribution in [-0.4, -0.2) is 43.3 Å². The van der Waals surface area contributed by atoms with Crippen molar-refractivity contribution in [1.82, 2.24) is 4.90 Å². The molecule has 0 saturated heterocycles. The van der Waals surface area contributed by atoms with Gasteiger partial charge in [0.2, 0.25) is 0 Å². The highest BCUT2D eigenvalue weighted by Crippen LogP contribution is 2.13. The third-order valence-electron chi connectivity index (χ3n) is 6.32. The van der Waals surface area contributed by atoms with Gasteiger partial charge in [-0.1, -0.05) is 129 Å². The number of hydrogen-bond donors (Lipinski definition) is 1.